The number of rotatable bonds is 5. The SMILES string of the molecule is c1ccc(-c2ccc(-c3cc(-c4cccc5c4sc4c5ccc5c(-c6ccccc6)nc6ccccc6c54)nc(-c4ccccc4)n3)cc2)cc1. The Morgan fingerprint density at radius 3 is 1.69 bits per heavy atom. The van der Waals surface area contributed by atoms with Gasteiger partial charge in [0.1, 0.15) is 0 Å². The zero-order chi connectivity index (χ0) is 33.7. The molecule has 0 spiro atoms. The molecule has 0 aliphatic carbocycles. The summed E-state index contributed by atoms with van der Waals surface area (Å²) in [6, 6.07) is 61.8. The molecule has 0 saturated carbocycles. The third kappa shape index (κ3) is 5.08. The maximum absolute atomic E-state index is 5.24. The van der Waals surface area contributed by atoms with Crippen molar-refractivity contribution >= 4 is 53.2 Å². The molecule has 0 amide bonds. The van der Waals surface area contributed by atoms with Gasteiger partial charge in [-0.15, -0.1) is 11.3 Å². The number of fused-ring (bicyclic) bond motifs is 7. The molecule has 0 atom stereocenters. The van der Waals surface area contributed by atoms with Crippen molar-refractivity contribution in [2.45, 2.75) is 0 Å². The lowest BCUT2D eigenvalue weighted by atomic mass is 9.97. The van der Waals surface area contributed by atoms with E-state index in [1.54, 1.807) is 0 Å². The van der Waals surface area contributed by atoms with Crippen molar-refractivity contribution in [2.24, 2.45) is 0 Å². The lowest BCUT2D eigenvalue weighted by Gasteiger charge is -2.11. The van der Waals surface area contributed by atoms with Crippen molar-refractivity contribution < 1.29 is 0 Å². The van der Waals surface area contributed by atoms with Gasteiger partial charge < -0.3 is 0 Å². The van der Waals surface area contributed by atoms with Crippen LogP contribution in [0.3, 0.4) is 0 Å². The van der Waals surface area contributed by atoms with Crippen molar-refractivity contribution in [3.8, 4) is 56.3 Å². The molecule has 3 aromatic heterocycles. The number of benzene rings is 7. The van der Waals surface area contributed by atoms with Gasteiger partial charge in [-0.1, -0.05) is 164 Å². The van der Waals surface area contributed by atoms with Crippen LogP contribution in [0.1, 0.15) is 0 Å². The molecular formula is C47H29N3S. The van der Waals surface area contributed by atoms with E-state index in [4.69, 9.17) is 15.0 Å². The Morgan fingerprint density at radius 2 is 0.922 bits per heavy atom. The van der Waals surface area contributed by atoms with Gasteiger partial charge in [0.05, 0.1) is 22.6 Å². The molecular weight excluding hydrogens is 639 g/mol. The number of aromatic nitrogens is 3. The molecule has 0 aliphatic heterocycles. The summed E-state index contributed by atoms with van der Waals surface area (Å²) < 4.78 is 2.48. The monoisotopic (exact) mass is 667 g/mol. The number of para-hydroxylation sites is 1. The molecule has 0 fully saturated rings. The number of hydrogen-bond donors (Lipinski definition) is 0. The Hall–Kier alpha value is -6.49. The molecule has 0 N–H and O–H groups in total. The highest BCUT2D eigenvalue weighted by Gasteiger charge is 2.19. The predicted molar refractivity (Wildman–Crippen MR) is 215 cm³/mol. The van der Waals surface area contributed by atoms with Gasteiger partial charge in [-0.2, -0.15) is 0 Å². The zero-order valence-corrected chi connectivity index (χ0v) is 28.3. The summed E-state index contributed by atoms with van der Waals surface area (Å²) in [6.45, 7) is 0. The molecule has 51 heavy (non-hydrogen) atoms. The van der Waals surface area contributed by atoms with Gasteiger partial charge in [-0.25, -0.2) is 15.0 Å². The summed E-state index contributed by atoms with van der Waals surface area (Å²) in [5, 5.41) is 6.05. The van der Waals surface area contributed by atoms with E-state index in [0.29, 0.717) is 5.82 Å². The van der Waals surface area contributed by atoms with Crippen molar-refractivity contribution in [2.75, 3.05) is 0 Å². The average molecular weight is 668 g/mol. The molecule has 4 heteroatoms. The van der Waals surface area contributed by atoms with Gasteiger partial charge in [0.25, 0.3) is 0 Å². The van der Waals surface area contributed by atoms with Gasteiger partial charge in [-0.3, -0.25) is 0 Å². The summed E-state index contributed by atoms with van der Waals surface area (Å²) in [4.78, 5) is 15.5. The van der Waals surface area contributed by atoms with Gasteiger partial charge in [0.15, 0.2) is 5.82 Å². The molecule has 0 aliphatic rings. The second kappa shape index (κ2) is 12.1. The standard InChI is InChI=1S/C47H29N3S/c1-4-13-30(14-5-1)31-23-25-32(26-24-31)41-29-42(50-47(49-41)34-17-8-3-9-18-34)38-21-12-20-35-36-27-28-39-43(46(36)51-45(35)38)37-19-10-11-22-40(37)48-44(39)33-15-6-2-7-16-33/h1-29H. The summed E-state index contributed by atoms with van der Waals surface area (Å²) in [7, 11) is 0. The first-order chi connectivity index (χ1) is 25.3. The molecule has 0 radical (unpaired) electrons. The molecule has 10 rings (SSSR count). The number of thiophene rings is 1. The Morgan fingerprint density at radius 1 is 0.353 bits per heavy atom. The quantitative estimate of drug-likeness (QED) is 0.171. The molecule has 10 aromatic rings. The third-order valence-electron chi connectivity index (χ3n) is 9.70. The molecule has 0 bridgehead atoms. The second-order valence-electron chi connectivity index (χ2n) is 12.8. The number of nitrogens with zero attached hydrogens (tertiary/aromatic N) is 3. The van der Waals surface area contributed by atoms with E-state index >= 15 is 0 Å². The fourth-order valence-corrected chi connectivity index (χ4v) is 8.61. The predicted octanol–water partition coefficient (Wildman–Crippen LogP) is 12.9. The lowest BCUT2D eigenvalue weighted by molar-refractivity contribution is 1.19. The first kappa shape index (κ1) is 29.4. The number of pyridine rings is 1. The van der Waals surface area contributed by atoms with Crippen LogP contribution in [0.2, 0.25) is 0 Å². The maximum atomic E-state index is 5.24. The van der Waals surface area contributed by atoms with E-state index in [0.717, 1.165) is 50.2 Å². The molecule has 0 unspecified atom stereocenters. The van der Waals surface area contributed by atoms with Crippen LogP contribution in [0.15, 0.2) is 176 Å². The van der Waals surface area contributed by atoms with Crippen LogP contribution >= 0.6 is 11.3 Å². The smallest absolute Gasteiger partial charge is 0.160 e. The van der Waals surface area contributed by atoms with Gasteiger partial charge >= 0.3 is 0 Å². The summed E-state index contributed by atoms with van der Waals surface area (Å²) in [5.74, 6) is 0.711. The van der Waals surface area contributed by atoms with Crippen LogP contribution in [0.25, 0.3) is 98.1 Å². The van der Waals surface area contributed by atoms with Crippen LogP contribution in [-0.2, 0) is 0 Å². The van der Waals surface area contributed by atoms with Gasteiger partial charge in [-0.05, 0) is 23.3 Å². The Bertz CT molecular complexity index is 2880. The molecule has 3 heterocycles. The summed E-state index contributed by atoms with van der Waals surface area (Å²) in [6.07, 6.45) is 0. The zero-order valence-electron chi connectivity index (χ0n) is 27.5. The van der Waals surface area contributed by atoms with E-state index in [1.165, 1.54) is 42.1 Å². The highest BCUT2D eigenvalue weighted by Crippen LogP contribution is 2.46. The molecule has 0 saturated heterocycles. The van der Waals surface area contributed by atoms with Crippen LogP contribution in [0.4, 0.5) is 0 Å². The second-order valence-corrected chi connectivity index (χ2v) is 13.8. The van der Waals surface area contributed by atoms with Crippen molar-refractivity contribution in [1.29, 1.82) is 0 Å². The van der Waals surface area contributed by atoms with E-state index in [9.17, 15) is 0 Å². The largest absolute Gasteiger partial charge is 0.247 e. The normalized spacial score (nSPS) is 11.5. The first-order valence-electron chi connectivity index (χ1n) is 17.1. The highest BCUT2D eigenvalue weighted by molar-refractivity contribution is 7.27. The van der Waals surface area contributed by atoms with Crippen molar-refractivity contribution in [3.05, 3.63) is 176 Å². The molecule has 238 valence electrons. The minimum atomic E-state index is 0.711. The third-order valence-corrected chi connectivity index (χ3v) is 11.0. The molecule has 3 nitrogen and oxygen atoms in total. The van der Waals surface area contributed by atoms with Crippen LogP contribution < -0.4 is 0 Å². The summed E-state index contributed by atoms with van der Waals surface area (Å²) in [5.41, 5.74) is 10.4. The van der Waals surface area contributed by atoms with Crippen molar-refractivity contribution in [1.82, 2.24) is 15.0 Å². The minimum Gasteiger partial charge on any atom is -0.247 e. The fraction of sp³-hybridized carbons (Fsp3) is 0. The van der Waals surface area contributed by atoms with Gasteiger partial charge in [0.2, 0.25) is 0 Å². The fourth-order valence-electron chi connectivity index (χ4n) is 7.22. The van der Waals surface area contributed by atoms with Crippen LogP contribution in [0.5, 0.6) is 0 Å². The lowest BCUT2D eigenvalue weighted by Crippen LogP contribution is -1.96. The van der Waals surface area contributed by atoms with Crippen LogP contribution in [0, 0.1) is 0 Å². The highest BCUT2D eigenvalue weighted by atomic mass is 32.1. The Labute approximate surface area is 299 Å². The summed E-state index contributed by atoms with van der Waals surface area (Å²) >= 11 is 1.85. The maximum Gasteiger partial charge on any atom is 0.160 e. The molecule has 7 aromatic carbocycles. The van der Waals surface area contributed by atoms with Gasteiger partial charge in [0, 0.05) is 58.6 Å². The number of hydrogen-bond acceptors (Lipinski definition) is 4. The van der Waals surface area contributed by atoms with E-state index < -0.39 is 0 Å². The van der Waals surface area contributed by atoms with Crippen LogP contribution in [-0.4, -0.2) is 15.0 Å². The first-order valence-corrected chi connectivity index (χ1v) is 17.9. The van der Waals surface area contributed by atoms with Crippen molar-refractivity contribution in [3.63, 3.8) is 0 Å². The van der Waals surface area contributed by atoms with E-state index in [-0.39, 0.29) is 0 Å². The Balaban J connectivity index is 1.20. The minimum absolute atomic E-state index is 0.711. The van der Waals surface area contributed by atoms with E-state index in [1.807, 2.05) is 35.6 Å². The van der Waals surface area contributed by atoms with E-state index in [2.05, 4.69) is 152 Å². The average Bonchev–Trinajstić information content (AvgIpc) is 3.60. The Kier molecular flexibility index (Phi) is 7.00. The topological polar surface area (TPSA) is 38.7 Å².